The van der Waals surface area contributed by atoms with E-state index in [1.807, 2.05) is 0 Å². The third kappa shape index (κ3) is 2.24. The molecule has 0 bridgehead atoms. The monoisotopic (exact) mass is 318 g/mol. The topological polar surface area (TPSA) is 71.4 Å². The second-order valence-corrected chi connectivity index (χ2v) is 7.07. The molecule has 0 amide bonds. The molecule has 1 aromatic rings. The zero-order valence-electron chi connectivity index (χ0n) is 8.89. The first kappa shape index (κ1) is 12.6. The van der Waals surface area contributed by atoms with Crippen LogP contribution in [-0.4, -0.2) is 24.7 Å². The van der Waals surface area contributed by atoms with Gasteiger partial charge in [0.2, 0.25) is 0 Å². The van der Waals surface area contributed by atoms with E-state index >= 15 is 0 Å². The van der Waals surface area contributed by atoms with Crippen molar-refractivity contribution in [1.82, 2.24) is 0 Å². The Morgan fingerprint density at radius 2 is 2.18 bits per heavy atom. The van der Waals surface area contributed by atoms with Crippen LogP contribution in [0.2, 0.25) is 0 Å². The molecule has 0 saturated heterocycles. The number of benzene rings is 1. The van der Waals surface area contributed by atoms with Crippen LogP contribution in [0.4, 0.5) is 0 Å². The number of sulfone groups is 1. The number of rotatable bonds is 3. The Labute approximate surface area is 108 Å². The standard InChI is InChI=1S/C11H11BrO4S/c12-9-2-1-3-10-8(9)6-7(17(10,15)16)4-5-11(13)14/h1-3,7H,4-6H2,(H,13,14). The van der Waals surface area contributed by atoms with E-state index in [-0.39, 0.29) is 12.8 Å². The number of aliphatic carboxylic acids is 1. The van der Waals surface area contributed by atoms with Crippen LogP contribution < -0.4 is 0 Å². The zero-order valence-corrected chi connectivity index (χ0v) is 11.3. The Morgan fingerprint density at radius 1 is 1.47 bits per heavy atom. The Morgan fingerprint density at radius 3 is 2.76 bits per heavy atom. The minimum Gasteiger partial charge on any atom is -0.481 e. The van der Waals surface area contributed by atoms with Crippen molar-refractivity contribution in [3.8, 4) is 0 Å². The van der Waals surface area contributed by atoms with Crippen molar-refractivity contribution in [2.45, 2.75) is 29.4 Å². The summed E-state index contributed by atoms with van der Waals surface area (Å²) in [5.74, 6) is -0.963. The number of carboxylic acid groups (broad SMARTS) is 1. The molecule has 1 unspecified atom stereocenters. The lowest BCUT2D eigenvalue weighted by atomic mass is 10.1. The summed E-state index contributed by atoms with van der Waals surface area (Å²) in [5.41, 5.74) is 0.767. The van der Waals surface area contributed by atoms with Gasteiger partial charge in [0.25, 0.3) is 0 Å². The molecule has 0 radical (unpaired) electrons. The van der Waals surface area contributed by atoms with Crippen molar-refractivity contribution in [2.75, 3.05) is 0 Å². The van der Waals surface area contributed by atoms with Crippen LogP contribution >= 0.6 is 15.9 Å². The minimum atomic E-state index is -3.36. The molecule has 0 saturated carbocycles. The maximum absolute atomic E-state index is 12.1. The van der Waals surface area contributed by atoms with Crippen LogP contribution in [0.3, 0.4) is 0 Å². The summed E-state index contributed by atoms with van der Waals surface area (Å²) in [7, 11) is -3.36. The van der Waals surface area contributed by atoms with Gasteiger partial charge in [-0.3, -0.25) is 4.79 Å². The predicted molar refractivity (Wildman–Crippen MR) is 65.7 cm³/mol. The first-order chi connectivity index (χ1) is 7.93. The summed E-state index contributed by atoms with van der Waals surface area (Å²) >= 11 is 3.33. The van der Waals surface area contributed by atoms with E-state index in [1.54, 1.807) is 18.2 Å². The Hall–Kier alpha value is -0.880. The highest BCUT2D eigenvalue weighted by Gasteiger charge is 2.37. The van der Waals surface area contributed by atoms with Crippen molar-refractivity contribution in [3.63, 3.8) is 0 Å². The van der Waals surface area contributed by atoms with Crippen LogP contribution in [0.15, 0.2) is 27.6 Å². The fraction of sp³-hybridized carbons (Fsp3) is 0.364. The van der Waals surface area contributed by atoms with E-state index in [4.69, 9.17) is 5.11 Å². The molecule has 1 atom stereocenters. The molecule has 1 aliphatic heterocycles. The van der Waals surface area contributed by atoms with Gasteiger partial charge in [0.1, 0.15) is 0 Å². The van der Waals surface area contributed by atoms with Crippen molar-refractivity contribution in [3.05, 3.63) is 28.2 Å². The van der Waals surface area contributed by atoms with Crippen LogP contribution in [0.5, 0.6) is 0 Å². The molecule has 17 heavy (non-hydrogen) atoms. The summed E-state index contributed by atoms with van der Waals surface area (Å²) in [4.78, 5) is 10.8. The average molecular weight is 319 g/mol. The molecule has 1 aliphatic rings. The molecule has 2 rings (SSSR count). The number of hydrogen-bond donors (Lipinski definition) is 1. The molecule has 0 aromatic heterocycles. The van der Waals surface area contributed by atoms with E-state index in [0.29, 0.717) is 11.3 Å². The molecule has 1 aromatic carbocycles. The number of carboxylic acids is 1. The van der Waals surface area contributed by atoms with E-state index in [1.165, 1.54) is 0 Å². The molecular weight excluding hydrogens is 308 g/mol. The van der Waals surface area contributed by atoms with Crippen molar-refractivity contribution in [2.24, 2.45) is 0 Å². The third-order valence-electron chi connectivity index (χ3n) is 2.93. The summed E-state index contributed by atoms with van der Waals surface area (Å²) < 4.78 is 25.0. The maximum atomic E-state index is 12.1. The van der Waals surface area contributed by atoms with Crippen molar-refractivity contribution >= 4 is 31.7 Å². The SMILES string of the molecule is O=C(O)CCC1Cc2c(Br)cccc2S1(=O)=O. The van der Waals surface area contributed by atoms with E-state index in [0.717, 1.165) is 10.0 Å². The fourth-order valence-corrected chi connectivity index (χ4v) is 4.70. The van der Waals surface area contributed by atoms with E-state index < -0.39 is 21.1 Å². The van der Waals surface area contributed by atoms with Gasteiger partial charge in [0.15, 0.2) is 9.84 Å². The second-order valence-electron chi connectivity index (χ2n) is 4.02. The average Bonchev–Trinajstić information content (AvgIpc) is 2.50. The molecule has 6 heteroatoms. The van der Waals surface area contributed by atoms with E-state index in [9.17, 15) is 13.2 Å². The van der Waals surface area contributed by atoms with Gasteiger partial charge in [-0.25, -0.2) is 8.42 Å². The molecule has 92 valence electrons. The van der Waals surface area contributed by atoms with Gasteiger partial charge in [-0.15, -0.1) is 0 Å². The van der Waals surface area contributed by atoms with Crippen LogP contribution in [0.25, 0.3) is 0 Å². The Kier molecular flexibility index (Phi) is 3.27. The van der Waals surface area contributed by atoms with Gasteiger partial charge in [-0.05, 0) is 30.5 Å². The smallest absolute Gasteiger partial charge is 0.303 e. The van der Waals surface area contributed by atoms with Crippen LogP contribution in [0, 0.1) is 0 Å². The Bertz CT molecular complexity index is 565. The van der Waals surface area contributed by atoms with Crippen molar-refractivity contribution < 1.29 is 18.3 Å². The fourth-order valence-electron chi connectivity index (χ4n) is 2.06. The van der Waals surface area contributed by atoms with Crippen LogP contribution in [-0.2, 0) is 21.1 Å². The largest absolute Gasteiger partial charge is 0.481 e. The number of carbonyl (C=O) groups is 1. The van der Waals surface area contributed by atoms with Crippen molar-refractivity contribution in [1.29, 1.82) is 0 Å². The second kappa shape index (κ2) is 4.42. The lowest BCUT2D eigenvalue weighted by Gasteiger charge is -2.06. The third-order valence-corrected chi connectivity index (χ3v) is 5.95. The summed E-state index contributed by atoms with van der Waals surface area (Å²) in [5, 5.41) is 8.01. The van der Waals surface area contributed by atoms with Gasteiger partial charge >= 0.3 is 5.97 Å². The van der Waals surface area contributed by atoms with Gasteiger partial charge in [0.05, 0.1) is 10.1 Å². The zero-order chi connectivity index (χ0) is 12.6. The molecule has 1 N–H and O–H groups in total. The van der Waals surface area contributed by atoms with Gasteiger partial charge in [-0.1, -0.05) is 22.0 Å². The molecule has 4 nitrogen and oxygen atoms in total. The highest BCUT2D eigenvalue weighted by molar-refractivity contribution is 9.10. The molecule has 1 heterocycles. The van der Waals surface area contributed by atoms with Gasteiger partial charge < -0.3 is 5.11 Å². The lowest BCUT2D eigenvalue weighted by Crippen LogP contribution is -2.18. The highest BCUT2D eigenvalue weighted by Crippen LogP contribution is 2.37. The summed E-state index contributed by atoms with van der Waals surface area (Å²) in [6, 6.07) is 5.06. The maximum Gasteiger partial charge on any atom is 0.303 e. The predicted octanol–water partition coefficient (Wildman–Crippen LogP) is 2.01. The molecule has 0 fully saturated rings. The summed E-state index contributed by atoms with van der Waals surface area (Å²) in [6.07, 6.45) is 0.445. The highest BCUT2D eigenvalue weighted by atomic mass is 79.9. The molecular formula is C11H11BrO4S. The van der Waals surface area contributed by atoms with Crippen LogP contribution in [0.1, 0.15) is 18.4 Å². The Balaban J connectivity index is 2.34. The quantitative estimate of drug-likeness (QED) is 0.925. The minimum absolute atomic E-state index is 0.116. The summed E-state index contributed by atoms with van der Waals surface area (Å²) in [6.45, 7) is 0. The molecule has 0 spiro atoms. The first-order valence-corrected chi connectivity index (χ1v) is 7.50. The first-order valence-electron chi connectivity index (χ1n) is 5.16. The van der Waals surface area contributed by atoms with Gasteiger partial charge in [0, 0.05) is 10.9 Å². The number of halogens is 1. The van der Waals surface area contributed by atoms with E-state index in [2.05, 4.69) is 15.9 Å². The normalized spacial score (nSPS) is 21.1. The van der Waals surface area contributed by atoms with Gasteiger partial charge in [-0.2, -0.15) is 0 Å². The number of fused-ring (bicyclic) bond motifs is 1. The number of hydrogen-bond acceptors (Lipinski definition) is 3. The molecule has 0 aliphatic carbocycles. The lowest BCUT2D eigenvalue weighted by molar-refractivity contribution is -0.137.